The molecule has 1 N–H and O–H groups in total. The lowest BCUT2D eigenvalue weighted by Crippen LogP contribution is -2.26. The molecular weight excluding hydrogens is 321 g/mol. The Kier molecular flexibility index (Phi) is 3.82. The van der Waals surface area contributed by atoms with Gasteiger partial charge in [0.2, 0.25) is 0 Å². The minimum atomic E-state index is -4.40. The number of aromatic amines is 1. The fourth-order valence-corrected chi connectivity index (χ4v) is 2.46. The summed E-state index contributed by atoms with van der Waals surface area (Å²) in [6.07, 6.45) is -0.937. The molecule has 3 aromatic rings. The number of alkyl halides is 3. The second kappa shape index (κ2) is 5.70. The van der Waals surface area contributed by atoms with Gasteiger partial charge in [0.1, 0.15) is 5.82 Å². The van der Waals surface area contributed by atoms with E-state index in [9.17, 15) is 18.0 Å². The number of nitrogens with zero attached hydrogens (tertiary/aromatic N) is 3. The van der Waals surface area contributed by atoms with Crippen molar-refractivity contribution in [2.24, 2.45) is 7.05 Å². The van der Waals surface area contributed by atoms with Gasteiger partial charge in [-0.3, -0.25) is 4.79 Å². The zero-order valence-electron chi connectivity index (χ0n) is 13.1. The molecule has 2 aromatic heterocycles. The first-order chi connectivity index (χ1) is 11.2. The maximum Gasteiger partial charge on any atom is 0.416 e. The highest BCUT2D eigenvalue weighted by molar-refractivity contribution is 5.93. The first-order valence-electron chi connectivity index (χ1n) is 7.17. The molecule has 0 unspecified atom stereocenters. The number of hydrogen-bond donors (Lipinski definition) is 1. The summed E-state index contributed by atoms with van der Waals surface area (Å²) in [6, 6.07) is 5.03. The van der Waals surface area contributed by atoms with Crippen molar-refractivity contribution >= 4 is 16.9 Å². The number of aromatic nitrogens is 3. The van der Waals surface area contributed by atoms with Crippen molar-refractivity contribution in [1.29, 1.82) is 0 Å². The predicted molar refractivity (Wildman–Crippen MR) is 82.3 cm³/mol. The number of benzene rings is 1. The number of carbonyl (C=O) groups is 1. The molecule has 0 fully saturated rings. The topological polar surface area (TPSA) is 53.9 Å². The Balaban J connectivity index is 1.81. The van der Waals surface area contributed by atoms with Crippen LogP contribution in [0.25, 0.3) is 11.0 Å². The molecule has 0 radical (unpaired) electrons. The monoisotopic (exact) mass is 336 g/mol. The van der Waals surface area contributed by atoms with E-state index in [0.717, 1.165) is 12.1 Å². The van der Waals surface area contributed by atoms with E-state index in [1.165, 1.54) is 11.0 Å². The van der Waals surface area contributed by atoms with E-state index in [1.807, 2.05) is 7.05 Å². The Morgan fingerprint density at radius 1 is 1.33 bits per heavy atom. The number of aryl methyl sites for hydroxylation is 1. The molecule has 8 heteroatoms. The van der Waals surface area contributed by atoms with Crippen LogP contribution in [-0.4, -0.2) is 32.4 Å². The number of rotatable bonds is 3. The molecular formula is C16H15F3N4O. The third kappa shape index (κ3) is 3.12. The van der Waals surface area contributed by atoms with Crippen LogP contribution in [0.1, 0.15) is 21.7 Å². The number of amides is 1. The smallest absolute Gasteiger partial charge is 0.356 e. The zero-order valence-corrected chi connectivity index (χ0v) is 13.1. The molecule has 126 valence electrons. The Labute approximate surface area is 135 Å². The van der Waals surface area contributed by atoms with Gasteiger partial charge in [-0.05, 0) is 24.3 Å². The fraction of sp³-hybridized carbons (Fsp3) is 0.250. The van der Waals surface area contributed by atoms with E-state index >= 15 is 0 Å². The van der Waals surface area contributed by atoms with Gasteiger partial charge < -0.3 is 14.5 Å². The van der Waals surface area contributed by atoms with E-state index in [1.54, 1.807) is 30.1 Å². The van der Waals surface area contributed by atoms with Gasteiger partial charge in [0.25, 0.3) is 5.91 Å². The average Bonchev–Trinajstić information content (AvgIpc) is 3.10. The molecule has 0 bridgehead atoms. The molecule has 0 aliphatic heterocycles. The minimum Gasteiger partial charge on any atom is -0.356 e. The van der Waals surface area contributed by atoms with Crippen LogP contribution in [0.3, 0.4) is 0 Å². The summed E-state index contributed by atoms with van der Waals surface area (Å²) >= 11 is 0. The normalized spacial score (nSPS) is 11.9. The van der Waals surface area contributed by atoms with Crippen LogP contribution in [0.4, 0.5) is 13.2 Å². The van der Waals surface area contributed by atoms with E-state index < -0.39 is 11.7 Å². The lowest BCUT2D eigenvalue weighted by atomic mass is 10.2. The molecule has 1 aromatic carbocycles. The highest BCUT2D eigenvalue weighted by Gasteiger charge is 2.30. The largest absolute Gasteiger partial charge is 0.416 e. The van der Waals surface area contributed by atoms with Crippen LogP contribution in [0.2, 0.25) is 0 Å². The molecule has 0 aliphatic rings. The molecule has 0 saturated carbocycles. The summed E-state index contributed by atoms with van der Waals surface area (Å²) in [6.45, 7) is 0.170. The Bertz CT molecular complexity index is 894. The van der Waals surface area contributed by atoms with Gasteiger partial charge in [-0.2, -0.15) is 13.2 Å². The lowest BCUT2D eigenvalue weighted by molar-refractivity contribution is -0.137. The molecule has 2 heterocycles. The first-order valence-corrected chi connectivity index (χ1v) is 7.17. The zero-order chi connectivity index (χ0) is 17.5. The maximum atomic E-state index is 12.7. The number of nitrogens with one attached hydrogen (secondary N) is 1. The highest BCUT2D eigenvalue weighted by atomic mass is 19.4. The Morgan fingerprint density at radius 2 is 2.08 bits per heavy atom. The van der Waals surface area contributed by atoms with Crippen LogP contribution < -0.4 is 0 Å². The van der Waals surface area contributed by atoms with Gasteiger partial charge in [-0.1, -0.05) is 0 Å². The van der Waals surface area contributed by atoms with Gasteiger partial charge in [0, 0.05) is 26.5 Å². The van der Waals surface area contributed by atoms with E-state index in [2.05, 4.69) is 9.97 Å². The van der Waals surface area contributed by atoms with Gasteiger partial charge in [-0.25, -0.2) is 4.98 Å². The van der Waals surface area contributed by atoms with E-state index in [0.29, 0.717) is 22.4 Å². The molecule has 0 spiro atoms. The number of H-pyrrole nitrogens is 1. The third-order valence-corrected chi connectivity index (χ3v) is 3.67. The molecule has 0 saturated heterocycles. The van der Waals surface area contributed by atoms with Crippen LogP contribution in [0.5, 0.6) is 0 Å². The van der Waals surface area contributed by atoms with Gasteiger partial charge in [-0.15, -0.1) is 0 Å². The standard InChI is InChI=1S/C16H15F3N4O/c1-22-6-5-10(8-22)15(24)23(2)9-14-20-12-4-3-11(16(17,18)19)7-13(12)21-14/h3-8H,9H2,1-2H3,(H,20,21). The summed E-state index contributed by atoms with van der Waals surface area (Å²) in [5.74, 6) is 0.239. The second-order valence-corrected chi connectivity index (χ2v) is 5.64. The maximum absolute atomic E-state index is 12.7. The number of hydrogen-bond acceptors (Lipinski definition) is 2. The van der Waals surface area contributed by atoms with Gasteiger partial charge in [0.05, 0.1) is 28.7 Å². The van der Waals surface area contributed by atoms with Crippen molar-refractivity contribution in [2.45, 2.75) is 12.7 Å². The van der Waals surface area contributed by atoms with Crippen molar-refractivity contribution in [3.05, 3.63) is 53.6 Å². The van der Waals surface area contributed by atoms with Gasteiger partial charge >= 0.3 is 6.18 Å². The summed E-state index contributed by atoms with van der Waals surface area (Å²) in [7, 11) is 3.43. The van der Waals surface area contributed by atoms with E-state index in [4.69, 9.17) is 0 Å². The summed E-state index contributed by atoms with van der Waals surface area (Å²) in [5, 5.41) is 0. The second-order valence-electron chi connectivity index (χ2n) is 5.64. The van der Waals surface area contributed by atoms with E-state index in [-0.39, 0.29) is 12.5 Å². The number of halogens is 3. The highest BCUT2D eigenvalue weighted by Crippen LogP contribution is 2.30. The van der Waals surface area contributed by atoms with Gasteiger partial charge in [0.15, 0.2) is 0 Å². The van der Waals surface area contributed by atoms with Crippen molar-refractivity contribution in [1.82, 2.24) is 19.4 Å². The van der Waals surface area contributed by atoms with Crippen molar-refractivity contribution < 1.29 is 18.0 Å². The Hall–Kier alpha value is -2.77. The minimum absolute atomic E-state index is 0.170. The quantitative estimate of drug-likeness (QED) is 0.799. The third-order valence-electron chi connectivity index (χ3n) is 3.67. The van der Waals surface area contributed by atoms with Crippen LogP contribution in [-0.2, 0) is 19.8 Å². The summed E-state index contributed by atoms with van der Waals surface area (Å²) in [5.41, 5.74) is 0.522. The molecule has 24 heavy (non-hydrogen) atoms. The number of imidazole rings is 1. The summed E-state index contributed by atoms with van der Waals surface area (Å²) < 4.78 is 40.0. The molecule has 0 atom stereocenters. The van der Waals surface area contributed by atoms with Crippen LogP contribution >= 0.6 is 0 Å². The average molecular weight is 336 g/mol. The summed E-state index contributed by atoms with van der Waals surface area (Å²) in [4.78, 5) is 20.8. The molecule has 3 rings (SSSR count). The fourth-order valence-electron chi connectivity index (χ4n) is 2.46. The Morgan fingerprint density at radius 3 is 2.71 bits per heavy atom. The SMILES string of the molecule is CN(Cc1nc2ccc(C(F)(F)F)cc2[nH]1)C(=O)c1ccn(C)c1. The van der Waals surface area contributed by atoms with Crippen LogP contribution in [0.15, 0.2) is 36.7 Å². The predicted octanol–water partition coefficient (Wildman–Crippen LogP) is 3.19. The lowest BCUT2D eigenvalue weighted by Gasteiger charge is -2.14. The molecule has 5 nitrogen and oxygen atoms in total. The van der Waals surface area contributed by atoms with Crippen molar-refractivity contribution in [3.8, 4) is 0 Å². The van der Waals surface area contributed by atoms with Crippen LogP contribution in [0, 0.1) is 0 Å². The van der Waals surface area contributed by atoms with Crippen molar-refractivity contribution in [3.63, 3.8) is 0 Å². The number of fused-ring (bicyclic) bond motifs is 1. The molecule has 1 amide bonds. The molecule has 0 aliphatic carbocycles. The number of carbonyl (C=O) groups excluding carboxylic acids is 1. The first kappa shape index (κ1) is 16.1. The van der Waals surface area contributed by atoms with Crippen molar-refractivity contribution in [2.75, 3.05) is 7.05 Å².